The highest BCUT2D eigenvalue weighted by Crippen LogP contribution is 2.29. The predicted octanol–water partition coefficient (Wildman–Crippen LogP) is 3.72. The van der Waals surface area contributed by atoms with E-state index in [0.717, 1.165) is 7.11 Å². The number of allylic oxidation sites excluding steroid dienone is 1. The fourth-order valence-corrected chi connectivity index (χ4v) is 1.32. The summed E-state index contributed by atoms with van der Waals surface area (Å²) in [6.45, 7) is -1.41. The first-order chi connectivity index (χ1) is 9.99. The molecule has 1 aromatic carbocycles. The number of rotatable bonds is 6. The molecular formula is C13H14F2N2O4. The standard InChI is InChI=1S/C13H14F2N2O4/c1-3-9(18)11(12(19)20-2)17-16-8-6-4-5-7-10(8)21-13(14)15/h4-7,13,18H,3H2,1-2H3/b11-9+,17-16?. The van der Waals surface area contributed by atoms with Crippen molar-refractivity contribution in [3.05, 3.63) is 35.7 Å². The van der Waals surface area contributed by atoms with E-state index in [1.54, 1.807) is 6.92 Å². The molecule has 8 heteroatoms. The maximum absolute atomic E-state index is 12.2. The van der Waals surface area contributed by atoms with E-state index in [1.165, 1.54) is 24.3 Å². The largest absolute Gasteiger partial charge is 0.510 e. The molecule has 0 aliphatic rings. The Morgan fingerprint density at radius 1 is 1.38 bits per heavy atom. The third-order valence-electron chi connectivity index (χ3n) is 2.33. The Bertz CT molecular complexity index is 559. The lowest BCUT2D eigenvalue weighted by Crippen LogP contribution is -2.05. The zero-order valence-corrected chi connectivity index (χ0v) is 11.4. The number of carbonyl (C=O) groups is 1. The molecule has 0 bridgehead atoms. The third-order valence-corrected chi connectivity index (χ3v) is 2.33. The van der Waals surface area contributed by atoms with Gasteiger partial charge in [-0.1, -0.05) is 19.1 Å². The number of halogens is 2. The summed E-state index contributed by atoms with van der Waals surface area (Å²) < 4.78 is 33.2. The number of esters is 1. The Labute approximate surface area is 119 Å². The number of aliphatic hydroxyl groups excluding tert-OH is 1. The average molecular weight is 300 g/mol. The number of alkyl halides is 2. The summed E-state index contributed by atoms with van der Waals surface area (Å²) in [6, 6.07) is 5.67. The van der Waals surface area contributed by atoms with Crippen molar-refractivity contribution in [2.75, 3.05) is 7.11 Å². The van der Waals surface area contributed by atoms with Gasteiger partial charge in [0.15, 0.2) is 5.75 Å². The van der Waals surface area contributed by atoms with E-state index in [-0.39, 0.29) is 23.6 Å². The molecule has 6 nitrogen and oxygen atoms in total. The minimum Gasteiger partial charge on any atom is -0.510 e. The highest BCUT2D eigenvalue weighted by Gasteiger charge is 2.15. The Morgan fingerprint density at radius 3 is 2.62 bits per heavy atom. The number of aliphatic hydroxyl groups is 1. The second-order valence-corrected chi connectivity index (χ2v) is 3.69. The molecule has 21 heavy (non-hydrogen) atoms. The number of para-hydroxylation sites is 1. The van der Waals surface area contributed by atoms with Crippen LogP contribution in [0.4, 0.5) is 14.5 Å². The van der Waals surface area contributed by atoms with Crippen molar-refractivity contribution in [3.63, 3.8) is 0 Å². The van der Waals surface area contributed by atoms with Crippen molar-refractivity contribution in [2.45, 2.75) is 20.0 Å². The van der Waals surface area contributed by atoms with E-state index in [2.05, 4.69) is 19.7 Å². The van der Waals surface area contributed by atoms with Gasteiger partial charge in [0.05, 0.1) is 7.11 Å². The van der Waals surface area contributed by atoms with Crippen molar-refractivity contribution in [1.82, 2.24) is 0 Å². The molecule has 1 rings (SSSR count). The lowest BCUT2D eigenvalue weighted by atomic mass is 10.3. The van der Waals surface area contributed by atoms with Crippen LogP contribution in [-0.4, -0.2) is 24.8 Å². The molecule has 0 saturated heterocycles. The van der Waals surface area contributed by atoms with Crippen LogP contribution >= 0.6 is 0 Å². The molecule has 1 N–H and O–H groups in total. The molecule has 0 spiro atoms. The number of benzene rings is 1. The smallest absolute Gasteiger partial charge is 0.387 e. The molecule has 0 fully saturated rings. The van der Waals surface area contributed by atoms with E-state index in [0.29, 0.717) is 0 Å². The van der Waals surface area contributed by atoms with Gasteiger partial charge in [0.2, 0.25) is 5.70 Å². The van der Waals surface area contributed by atoms with E-state index in [4.69, 9.17) is 0 Å². The van der Waals surface area contributed by atoms with Crippen LogP contribution in [0.5, 0.6) is 5.75 Å². The van der Waals surface area contributed by atoms with Crippen LogP contribution in [0.15, 0.2) is 46.0 Å². The normalized spacial score (nSPS) is 12.4. The number of azo groups is 1. The van der Waals surface area contributed by atoms with Crippen molar-refractivity contribution >= 4 is 11.7 Å². The Hall–Kier alpha value is -2.51. The summed E-state index contributed by atoms with van der Waals surface area (Å²) in [5.41, 5.74) is -0.407. The number of ether oxygens (including phenoxy) is 2. The van der Waals surface area contributed by atoms with E-state index in [9.17, 15) is 18.7 Å². The summed E-state index contributed by atoms with van der Waals surface area (Å²) in [5.74, 6) is -1.40. The van der Waals surface area contributed by atoms with E-state index >= 15 is 0 Å². The third kappa shape index (κ3) is 4.83. The van der Waals surface area contributed by atoms with Crippen LogP contribution in [0.1, 0.15) is 13.3 Å². The van der Waals surface area contributed by atoms with Gasteiger partial charge >= 0.3 is 12.6 Å². The second-order valence-electron chi connectivity index (χ2n) is 3.69. The fraction of sp³-hybridized carbons (Fsp3) is 0.308. The summed E-state index contributed by atoms with van der Waals surface area (Å²) in [6.07, 6.45) is 0.138. The molecule has 0 unspecified atom stereocenters. The van der Waals surface area contributed by atoms with Crippen LogP contribution in [0, 0.1) is 0 Å². The molecule has 0 aliphatic heterocycles. The quantitative estimate of drug-likeness (QED) is 0.376. The Balaban J connectivity index is 3.10. The summed E-state index contributed by atoms with van der Waals surface area (Å²) in [4.78, 5) is 11.5. The number of methoxy groups -OCH3 is 1. The zero-order chi connectivity index (χ0) is 15.8. The number of carbonyl (C=O) groups excluding carboxylic acids is 1. The van der Waals surface area contributed by atoms with Gasteiger partial charge in [0.1, 0.15) is 11.4 Å². The van der Waals surface area contributed by atoms with Crippen molar-refractivity contribution in [2.24, 2.45) is 10.2 Å². The number of nitrogens with zero attached hydrogens (tertiary/aromatic N) is 2. The summed E-state index contributed by atoms with van der Waals surface area (Å²) in [5, 5.41) is 16.8. The number of hydrogen-bond acceptors (Lipinski definition) is 6. The monoisotopic (exact) mass is 300 g/mol. The molecule has 0 amide bonds. The average Bonchev–Trinajstić information content (AvgIpc) is 2.47. The molecule has 0 radical (unpaired) electrons. The van der Waals surface area contributed by atoms with Gasteiger partial charge in [-0.2, -0.15) is 8.78 Å². The van der Waals surface area contributed by atoms with Gasteiger partial charge in [-0.3, -0.25) is 0 Å². The molecule has 0 aliphatic carbocycles. The van der Waals surface area contributed by atoms with Crippen LogP contribution in [0.3, 0.4) is 0 Å². The van der Waals surface area contributed by atoms with Gasteiger partial charge in [-0.25, -0.2) is 4.79 Å². The van der Waals surface area contributed by atoms with Gasteiger partial charge < -0.3 is 14.6 Å². The Morgan fingerprint density at radius 2 is 2.05 bits per heavy atom. The van der Waals surface area contributed by atoms with Crippen LogP contribution in [0.2, 0.25) is 0 Å². The van der Waals surface area contributed by atoms with E-state index < -0.39 is 18.3 Å². The molecule has 0 atom stereocenters. The first kappa shape index (κ1) is 16.5. The molecule has 0 saturated carbocycles. The van der Waals surface area contributed by atoms with Crippen LogP contribution in [-0.2, 0) is 9.53 Å². The predicted molar refractivity (Wildman–Crippen MR) is 69.6 cm³/mol. The van der Waals surface area contributed by atoms with Gasteiger partial charge in [-0.05, 0) is 12.1 Å². The highest BCUT2D eigenvalue weighted by atomic mass is 19.3. The molecule has 0 aromatic heterocycles. The van der Waals surface area contributed by atoms with Gasteiger partial charge in [0.25, 0.3) is 0 Å². The van der Waals surface area contributed by atoms with Gasteiger partial charge in [-0.15, -0.1) is 10.2 Å². The van der Waals surface area contributed by atoms with Crippen molar-refractivity contribution in [1.29, 1.82) is 0 Å². The highest BCUT2D eigenvalue weighted by molar-refractivity contribution is 5.88. The van der Waals surface area contributed by atoms with Gasteiger partial charge in [0, 0.05) is 6.42 Å². The molecule has 114 valence electrons. The topological polar surface area (TPSA) is 80.5 Å². The van der Waals surface area contributed by atoms with Crippen LogP contribution < -0.4 is 4.74 Å². The first-order valence-electron chi connectivity index (χ1n) is 5.95. The summed E-state index contributed by atoms with van der Waals surface area (Å²) in [7, 11) is 1.12. The maximum Gasteiger partial charge on any atom is 0.387 e. The first-order valence-corrected chi connectivity index (χ1v) is 5.95. The zero-order valence-electron chi connectivity index (χ0n) is 11.4. The SMILES string of the molecule is CC/C(O)=C(\N=Nc1ccccc1OC(F)F)C(=O)OC. The second kappa shape index (κ2) is 7.93. The lowest BCUT2D eigenvalue weighted by Gasteiger charge is -2.06. The van der Waals surface area contributed by atoms with Crippen molar-refractivity contribution in [3.8, 4) is 5.75 Å². The summed E-state index contributed by atoms with van der Waals surface area (Å²) >= 11 is 0. The number of hydrogen-bond donors (Lipinski definition) is 1. The van der Waals surface area contributed by atoms with Crippen molar-refractivity contribution < 1.29 is 28.2 Å². The Kier molecular flexibility index (Phi) is 6.25. The van der Waals surface area contributed by atoms with Crippen LogP contribution in [0.25, 0.3) is 0 Å². The molecule has 1 aromatic rings. The minimum absolute atomic E-state index is 0.0110. The maximum atomic E-state index is 12.2. The lowest BCUT2D eigenvalue weighted by molar-refractivity contribution is -0.136. The molecular weight excluding hydrogens is 286 g/mol. The fourth-order valence-electron chi connectivity index (χ4n) is 1.32. The van der Waals surface area contributed by atoms with E-state index in [1.807, 2.05) is 0 Å². The molecule has 0 heterocycles. The minimum atomic E-state index is -3.01.